The zero-order valence-electron chi connectivity index (χ0n) is 39.9. The second-order valence-electron chi connectivity index (χ2n) is 19.7. The molecule has 0 bridgehead atoms. The number of carbonyl (C=O) groups excluding carboxylic acids is 6. The van der Waals surface area contributed by atoms with Crippen LogP contribution in [-0.4, -0.2) is 120 Å². The zero-order valence-corrected chi connectivity index (χ0v) is 39.9. The molecule has 2 aromatic heterocycles. The minimum absolute atomic E-state index is 0.132. The molecular weight excluding hydrogens is 903 g/mol. The molecule has 0 radical (unpaired) electrons. The van der Waals surface area contributed by atoms with Crippen LogP contribution < -0.4 is 16.1 Å². The van der Waals surface area contributed by atoms with Crippen LogP contribution in [0.5, 0.6) is 0 Å². The van der Waals surface area contributed by atoms with Crippen molar-refractivity contribution in [3.63, 3.8) is 0 Å². The predicted molar refractivity (Wildman–Crippen MR) is 245 cm³/mol. The number of nitrogens with one attached hydrogen (secondary N) is 3. The van der Waals surface area contributed by atoms with Gasteiger partial charge in [-0.05, 0) is 123 Å². The van der Waals surface area contributed by atoms with Gasteiger partial charge in [-0.1, -0.05) is 24.3 Å². The quantitative estimate of drug-likeness (QED) is 0.0726. The molecule has 6 amide bonds. The summed E-state index contributed by atoms with van der Waals surface area (Å²) in [6.45, 7) is 14.7. The number of hydrogen-bond donors (Lipinski definition) is 3. The number of aromatic amines is 1. The minimum Gasteiger partial charge on any atom is -0.399 e. The Morgan fingerprint density at radius 2 is 1.04 bits per heavy atom. The lowest BCUT2D eigenvalue weighted by Crippen LogP contribution is -2.51. The van der Waals surface area contributed by atoms with Crippen molar-refractivity contribution in [1.29, 1.82) is 0 Å². The van der Waals surface area contributed by atoms with Gasteiger partial charge in [0.25, 0.3) is 11.8 Å². The van der Waals surface area contributed by atoms with Crippen molar-refractivity contribution in [2.45, 2.75) is 141 Å². The Bertz CT molecular complexity index is 2600. The highest BCUT2D eigenvalue weighted by Crippen LogP contribution is 2.43. The molecule has 4 aromatic rings. The number of nitrogens with zero attached hydrogens (tertiary/aromatic N) is 5. The molecule has 3 saturated heterocycles. The summed E-state index contributed by atoms with van der Waals surface area (Å²) in [7, 11) is -0.570. The number of urea groups is 2. The van der Waals surface area contributed by atoms with Crippen LogP contribution in [0.25, 0.3) is 5.69 Å². The van der Waals surface area contributed by atoms with E-state index in [1.54, 1.807) is 53.2 Å². The van der Waals surface area contributed by atoms with Crippen molar-refractivity contribution >= 4 is 48.0 Å². The highest BCUT2D eigenvalue weighted by Gasteiger charge is 2.57. The highest BCUT2D eigenvalue weighted by atomic mass is 19.3. The monoisotopic (exact) mass is 960 g/mol. The Labute approximate surface area is 397 Å². The average molecular weight is 961 g/mol. The van der Waals surface area contributed by atoms with Crippen LogP contribution in [0, 0.1) is 27.7 Å². The van der Waals surface area contributed by atoms with Crippen molar-refractivity contribution < 1.29 is 55.6 Å². The lowest BCUT2D eigenvalue weighted by Gasteiger charge is -2.34. The van der Waals surface area contributed by atoms with Crippen LogP contribution in [0.3, 0.4) is 0 Å². The second kappa shape index (κ2) is 18.6. The van der Waals surface area contributed by atoms with Crippen LogP contribution in [0.1, 0.15) is 123 Å². The summed E-state index contributed by atoms with van der Waals surface area (Å²) >= 11 is 0. The summed E-state index contributed by atoms with van der Waals surface area (Å²) < 4.78 is 67.7. The van der Waals surface area contributed by atoms with Gasteiger partial charge < -0.3 is 19.9 Å². The van der Waals surface area contributed by atoms with Gasteiger partial charge in [0, 0.05) is 48.2 Å². The third kappa shape index (κ3) is 10.7. The Balaban J connectivity index is 0.000000179. The maximum atomic E-state index is 13.5. The number of rotatable bonds is 8. The van der Waals surface area contributed by atoms with Crippen LogP contribution in [0.4, 0.5) is 27.2 Å². The molecule has 69 heavy (non-hydrogen) atoms. The summed E-state index contributed by atoms with van der Waals surface area (Å²) in [5.74, 6) is -7.70. The molecule has 0 unspecified atom stereocenters. The van der Waals surface area contributed by atoms with Crippen LogP contribution in [0.2, 0.25) is 0 Å². The number of ketones is 2. The first-order valence-corrected chi connectivity index (χ1v) is 22.8. The number of aryl methyl sites for hydroxylation is 4. The number of aromatic nitrogens is 4. The third-order valence-electron chi connectivity index (χ3n) is 13.8. The van der Waals surface area contributed by atoms with Gasteiger partial charge in [-0.2, -0.15) is 10.2 Å². The summed E-state index contributed by atoms with van der Waals surface area (Å²) in [6, 6.07) is 15.8. The van der Waals surface area contributed by atoms with E-state index in [0.29, 0.717) is 11.1 Å². The second-order valence-corrected chi connectivity index (χ2v) is 19.7. The number of alkyl halides is 4. The van der Waals surface area contributed by atoms with Crippen molar-refractivity contribution in [1.82, 2.24) is 40.4 Å². The Morgan fingerprint density at radius 3 is 1.39 bits per heavy atom. The fraction of sp³-hybridized carbons (Fsp3) is 0.500. The standard InChI is InChI=1S/C22H27BF2N2O5.C21H22F2N4O3.C5H8N2/c1-19(2)20(3,4)32-23(31-19)15-7-5-14(6-8-15)16(28)13-27-17(29)21(26-18(27)30)9-11-22(24,25)12-10-21;1-13-11-14(2)27(25-13)16-5-3-15(4-6-16)17(28)12-26-18(29)20(24-19(26)30)7-9-21(22,23)10-8-20;1-4-3-5(2)7-6-4/h5-8H,9-13H2,1-4H3,(H,26,30);3-6,11H,7-10,12H2,1-2H3,(H,24,30);3H,1-2H3,(H,6,7). The first-order valence-electron chi connectivity index (χ1n) is 22.8. The largest absolute Gasteiger partial charge is 0.494 e. The summed E-state index contributed by atoms with van der Waals surface area (Å²) in [5, 5.41) is 16.2. The molecular formula is C48H57BF4N8O8. The van der Waals surface area contributed by atoms with E-state index >= 15 is 0 Å². The van der Waals surface area contributed by atoms with Crippen LogP contribution in [-0.2, 0) is 18.9 Å². The smallest absolute Gasteiger partial charge is 0.399 e. The van der Waals surface area contributed by atoms with Gasteiger partial charge in [0.15, 0.2) is 11.6 Å². The van der Waals surface area contributed by atoms with Crippen molar-refractivity contribution in [2.75, 3.05) is 13.1 Å². The molecule has 368 valence electrons. The summed E-state index contributed by atoms with van der Waals surface area (Å²) in [6.07, 6.45) is -2.42. The van der Waals surface area contributed by atoms with E-state index < -0.39 is 115 Å². The number of amides is 6. The highest BCUT2D eigenvalue weighted by molar-refractivity contribution is 6.62. The molecule has 16 nitrogen and oxygen atoms in total. The van der Waals surface area contributed by atoms with Crippen molar-refractivity contribution in [3.05, 3.63) is 94.6 Å². The first kappa shape index (κ1) is 50.7. The lowest BCUT2D eigenvalue weighted by atomic mass is 9.78. The minimum atomic E-state index is -2.83. The van der Waals surface area contributed by atoms with E-state index in [1.807, 2.05) is 67.5 Å². The topological polar surface area (TPSA) is 198 Å². The zero-order chi connectivity index (χ0) is 50.5. The van der Waals surface area contributed by atoms with Gasteiger partial charge in [0.2, 0.25) is 11.8 Å². The number of halogens is 4. The Morgan fingerprint density at radius 1 is 0.623 bits per heavy atom. The molecule has 21 heteroatoms. The summed E-state index contributed by atoms with van der Waals surface area (Å²) in [4.78, 5) is 77.4. The number of benzene rings is 2. The fourth-order valence-electron chi connectivity index (χ4n) is 8.91. The van der Waals surface area contributed by atoms with Crippen LogP contribution >= 0.6 is 0 Å². The van der Waals surface area contributed by atoms with Gasteiger partial charge in [-0.15, -0.1) is 0 Å². The Hall–Kier alpha value is -6.22. The third-order valence-corrected chi connectivity index (χ3v) is 13.8. The molecule has 5 aliphatic rings. The average Bonchev–Trinajstić information content (AvgIpc) is 4.02. The van der Waals surface area contributed by atoms with E-state index in [4.69, 9.17) is 9.31 Å². The molecule has 9 rings (SSSR count). The molecule has 2 saturated carbocycles. The van der Waals surface area contributed by atoms with Gasteiger partial charge in [-0.25, -0.2) is 31.8 Å². The molecule has 2 spiro atoms. The number of hydrogen-bond acceptors (Lipinski definition) is 10. The van der Waals surface area contributed by atoms with Gasteiger partial charge in [-0.3, -0.25) is 34.1 Å². The number of carbonyl (C=O) groups is 6. The molecule has 5 fully saturated rings. The number of Topliss-reactive ketones (excluding diaryl/α,β-unsaturated/α-hetero) is 2. The fourth-order valence-corrected chi connectivity index (χ4v) is 8.91. The molecule has 2 aliphatic carbocycles. The van der Waals surface area contributed by atoms with Gasteiger partial charge >= 0.3 is 19.2 Å². The molecule has 3 N–H and O–H groups in total. The molecule has 0 atom stereocenters. The van der Waals surface area contributed by atoms with E-state index in [2.05, 4.69) is 25.9 Å². The Kier molecular flexibility index (Phi) is 13.7. The molecule has 5 heterocycles. The first-order chi connectivity index (χ1) is 32.1. The normalized spacial score (nSPS) is 21.4. The van der Waals surface area contributed by atoms with E-state index in [1.165, 1.54) is 0 Å². The van der Waals surface area contributed by atoms with Gasteiger partial charge in [0.1, 0.15) is 11.1 Å². The SMILES string of the molecule is CC1(C)OB(c2ccc(C(=O)CN3C(=O)NC4(CCC(F)(F)CC4)C3=O)cc2)OC1(C)C.Cc1cc(C)[nH]n1.Cc1cc(C)n(-c2ccc(C(=O)CN3C(=O)NC4(CCC(F)(F)CC4)C3=O)cc2)n1. The molecule has 3 aliphatic heterocycles. The maximum Gasteiger partial charge on any atom is 0.494 e. The van der Waals surface area contributed by atoms with E-state index in [0.717, 1.165) is 43.7 Å². The lowest BCUT2D eigenvalue weighted by molar-refractivity contribution is -0.136. The number of imide groups is 2. The van der Waals surface area contributed by atoms with Crippen LogP contribution in [0.15, 0.2) is 60.7 Å². The molecule has 2 aromatic carbocycles. The summed E-state index contributed by atoms with van der Waals surface area (Å²) in [5.41, 5.74) is 2.57. The maximum absolute atomic E-state index is 13.5. The van der Waals surface area contributed by atoms with E-state index in [9.17, 15) is 46.3 Å². The van der Waals surface area contributed by atoms with Crippen molar-refractivity contribution in [2.24, 2.45) is 0 Å². The van der Waals surface area contributed by atoms with Gasteiger partial charge in [0.05, 0.1) is 41.4 Å². The number of H-pyrrole nitrogens is 1. The van der Waals surface area contributed by atoms with E-state index in [-0.39, 0.29) is 25.7 Å². The van der Waals surface area contributed by atoms with Crippen molar-refractivity contribution in [3.8, 4) is 5.69 Å². The predicted octanol–water partition coefficient (Wildman–Crippen LogP) is 6.87.